The second-order valence-corrected chi connectivity index (χ2v) is 5.73. The average molecular weight is 309 g/mol. The highest BCUT2D eigenvalue weighted by molar-refractivity contribution is 7.98. The largest absolute Gasteiger partial charge is 0.454 e. The molecule has 0 amide bonds. The fraction of sp³-hybridized carbons (Fsp3) is 0.533. The summed E-state index contributed by atoms with van der Waals surface area (Å²) in [4.78, 5) is 4.23. The second kappa shape index (κ2) is 8.67. The van der Waals surface area contributed by atoms with Crippen molar-refractivity contribution in [3.8, 4) is 11.5 Å². The van der Waals surface area contributed by atoms with Crippen LogP contribution in [0.4, 0.5) is 0 Å². The molecule has 0 spiro atoms. The van der Waals surface area contributed by atoms with Crippen LogP contribution in [0.25, 0.3) is 0 Å². The van der Waals surface area contributed by atoms with Gasteiger partial charge in [-0.3, -0.25) is 4.99 Å². The first-order valence-electron chi connectivity index (χ1n) is 7.15. The van der Waals surface area contributed by atoms with Crippen LogP contribution in [0.15, 0.2) is 23.2 Å². The molecule has 2 rings (SSSR count). The number of nitrogens with one attached hydrogen (secondary N) is 2. The lowest BCUT2D eigenvalue weighted by Crippen LogP contribution is -2.37. The van der Waals surface area contributed by atoms with E-state index >= 15 is 0 Å². The van der Waals surface area contributed by atoms with Crippen LogP contribution in [0.1, 0.15) is 18.4 Å². The number of hydrogen-bond donors (Lipinski definition) is 2. The van der Waals surface area contributed by atoms with Crippen LogP contribution in [0.3, 0.4) is 0 Å². The fourth-order valence-electron chi connectivity index (χ4n) is 2.04. The molecule has 5 nitrogen and oxygen atoms in total. The van der Waals surface area contributed by atoms with Crippen LogP contribution >= 0.6 is 11.8 Å². The predicted octanol–water partition coefficient (Wildman–Crippen LogP) is 2.22. The Morgan fingerprint density at radius 2 is 2.10 bits per heavy atom. The van der Waals surface area contributed by atoms with Crippen molar-refractivity contribution in [3.05, 3.63) is 23.8 Å². The van der Waals surface area contributed by atoms with Crippen LogP contribution < -0.4 is 20.1 Å². The van der Waals surface area contributed by atoms with Gasteiger partial charge < -0.3 is 20.1 Å². The number of benzene rings is 1. The van der Waals surface area contributed by atoms with Gasteiger partial charge in [0.05, 0.1) is 0 Å². The van der Waals surface area contributed by atoms with Gasteiger partial charge in [0.2, 0.25) is 6.79 Å². The van der Waals surface area contributed by atoms with Gasteiger partial charge in [0.15, 0.2) is 17.5 Å². The highest BCUT2D eigenvalue weighted by atomic mass is 32.2. The Hall–Kier alpha value is -1.56. The molecule has 1 heterocycles. The number of hydrogen-bond acceptors (Lipinski definition) is 4. The second-order valence-electron chi connectivity index (χ2n) is 4.74. The Balaban J connectivity index is 1.73. The Labute approximate surface area is 130 Å². The summed E-state index contributed by atoms with van der Waals surface area (Å²) < 4.78 is 10.7. The maximum absolute atomic E-state index is 5.38. The number of aliphatic imine (C=N–C) groups is 1. The topological polar surface area (TPSA) is 54.9 Å². The Kier molecular flexibility index (Phi) is 6.53. The van der Waals surface area contributed by atoms with E-state index in [4.69, 9.17) is 9.47 Å². The molecule has 0 atom stereocenters. The molecule has 1 aromatic rings. The molecule has 0 aliphatic carbocycles. The number of unbranched alkanes of at least 4 members (excludes halogenated alkanes) is 1. The molecule has 0 radical (unpaired) electrons. The summed E-state index contributed by atoms with van der Waals surface area (Å²) in [6.45, 7) is 1.97. The summed E-state index contributed by atoms with van der Waals surface area (Å²) in [5.41, 5.74) is 1.14. The minimum absolute atomic E-state index is 0.311. The number of nitrogens with zero attached hydrogens (tertiary/aromatic N) is 1. The third-order valence-corrected chi connectivity index (χ3v) is 3.89. The molecule has 0 saturated heterocycles. The van der Waals surface area contributed by atoms with E-state index in [1.54, 1.807) is 7.05 Å². The standard InChI is InChI=1S/C15H23N3O2S/c1-16-15(17-7-3-4-8-21-2)18-10-12-5-6-13-14(9-12)20-11-19-13/h5-6,9H,3-4,7-8,10-11H2,1-2H3,(H2,16,17,18). The summed E-state index contributed by atoms with van der Waals surface area (Å²) in [7, 11) is 1.79. The average Bonchev–Trinajstić information content (AvgIpc) is 2.97. The van der Waals surface area contributed by atoms with Crippen molar-refractivity contribution in [1.29, 1.82) is 0 Å². The normalized spacial score (nSPS) is 13.3. The van der Waals surface area contributed by atoms with E-state index in [1.807, 2.05) is 30.0 Å². The van der Waals surface area contributed by atoms with Gasteiger partial charge in [0.25, 0.3) is 0 Å². The molecule has 0 aromatic heterocycles. The van der Waals surface area contributed by atoms with Crippen molar-refractivity contribution < 1.29 is 9.47 Å². The summed E-state index contributed by atoms with van der Waals surface area (Å²) >= 11 is 1.89. The molecule has 0 bridgehead atoms. The first-order chi connectivity index (χ1) is 10.3. The Morgan fingerprint density at radius 1 is 1.24 bits per heavy atom. The molecular formula is C15H23N3O2S. The number of guanidine groups is 1. The summed E-state index contributed by atoms with van der Waals surface area (Å²) in [5, 5.41) is 6.63. The number of fused-ring (bicyclic) bond motifs is 1. The van der Waals surface area contributed by atoms with Gasteiger partial charge in [-0.1, -0.05) is 6.07 Å². The minimum atomic E-state index is 0.311. The fourth-order valence-corrected chi connectivity index (χ4v) is 2.53. The van der Waals surface area contributed by atoms with Crippen molar-refractivity contribution in [2.75, 3.05) is 32.4 Å². The predicted molar refractivity (Wildman–Crippen MR) is 88.4 cm³/mol. The van der Waals surface area contributed by atoms with Gasteiger partial charge in [-0.15, -0.1) is 0 Å². The van der Waals surface area contributed by atoms with Crippen LogP contribution in [0.2, 0.25) is 0 Å². The van der Waals surface area contributed by atoms with E-state index in [0.717, 1.165) is 36.0 Å². The first-order valence-corrected chi connectivity index (χ1v) is 8.55. The van der Waals surface area contributed by atoms with Crippen molar-refractivity contribution in [1.82, 2.24) is 10.6 Å². The molecule has 0 saturated carbocycles. The number of rotatable bonds is 7. The lowest BCUT2D eigenvalue weighted by atomic mass is 10.2. The monoisotopic (exact) mass is 309 g/mol. The van der Waals surface area contributed by atoms with Crippen LogP contribution in [0, 0.1) is 0 Å². The van der Waals surface area contributed by atoms with Crippen molar-refractivity contribution >= 4 is 17.7 Å². The van der Waals surface area contributed by atoms with Crippen molar-refractivity contribution in [3.63, 3.8) is 0 Å². The molecule has 1 aromatic carbocycles. The van der Waals surface area contributed by atoms with Crippen LogP contribution in [0.5, 0.6) is 11.5 Å². The highest BCUT2D eigenvalue weighted by Gasteiger charge is 2.13. The van der Waals surface area contributed by atoms with E-state index < -0.39 is 0 Å². The first kappa shape index (κ1) is 15.8. The van der Waals surface area contributed by atoms with Gasteiger partial charge in [-0.25, -0.2) is 0 Å². The van der Waals surface area contributed by atoms with Crippen LogP contribution in [-0.4, -0.2) is 38.4 Å². The van der Waals surface area contributed by atoms with Gasteiger partial charge in [0.1, 0.15) is 0 Å². The molecule has 2 N–H and O–H groups in total. The van der Waals surface area contributed by atoms with E-state index in [0.29, 0.717) is 13.3 Å². The molecule has 116 valence electrons. The lowest BCUT2D eigenvalue weighted by molar-refractivity contribution is 0.174. The molecule has 6 heteroatoms. The lowest BCUT2D eigenvalue weighted by Gasteiger charge is -2.12. The SMILES string of the molecule is CN=C(NCCCCSC)NCc1ccc2c(c1)OCO2. The maximum atomic E-state index is 5.38. The Morgan fingerprint density at radius 3 is 2.90 bits per heavy atom. The third-order valence-electron chi connectivity index (χ3n) is 3.19. The van der Waals surface area contributed by atoms with E-state index in [9.17, 15) is 0 Å². The van der Waals surface area contributed by atoms with Crippen molar-refractivity contribution in [2.45, 2.75) is 19.4 Å². The zero-order valence-corrected chi connectivity index (χ0v) is 13.5. The zero-order chi connectivity index (χ0) is 14.9. The zero-order valence-electron chi connectivity index (χ0n) is 12.6. The molecule has 0 unspecified atom stereocenters. The molecule has 0 fully saturated rings. The summed E-state index contributed by atoms with van der Waals surface area (Å²) in [5.74, 6) is 3.67. The van der Waals surface area contributed by atoms with Crippen molar-refractivity contribution in [2.24, 2.45) is 4.99 Å². The third kappa shape index (κ3) is 5.04. The molecular weight excluding hydrogens is 286 g/mol. The quantitative estimate of drug-likeness (QED) is 0.459. The number of thioether (sulfide) groups is 1. The Bertz CT molecular complexity index is 480. The van der Waals surface area contributed by atoms with Gasteiger partial charge in [0, 0.05) is 20.1 Å². The molecule has 21 heavy (non-hydrogen) atoms. The summed E-state index contributed by atoms with van der Waals surface area (Å²) in [6.07, 6.45) is 4.53. The number of ether oxygens (including phenoxy) is 2. The minimum Gasteiger partial charge on any atom is -0.454 e. The van der Waals surface area contributed by atoms with Gasteiger partial charge in [-0.2, -0.15) is 11.8 Å². The van der Waals surface area contributed by atoms with E-state index in [2.05, 4.69) is 21.9 Å². The van der Waals surface area contributed by atoms with E-state index in [1.165, 1.54) is 12.2 Å². The molecule has 1 aliphatic heterocycles. The smallest absolute Gasteiger partial charge is 0.231 e. The van der Waals surface area contributed by atoms with E-state index in [-0.39, 0.29) is 0 Å². The molecule has 1 aliphatic rings. The maximum Gasteiger partial charge on any atom is 0.231 e. The van der Waals surface area contributed by atoms with Gasteiger partial charge >= 0.3 is 0 Å². The van der Waals surface area contributed by atoms with Gasteiger partial charge in [-0.05, 0) is 42.5 Å². The highest BCUT2D eigenvalue weighted by Crippen LogP contribution is 2.32. The van der Waals surface area contributed by atoms with Crippen LogP contribution in [-0.2, 0) is 6.54 Å². The summed E-state index contributed by atoms with van der Waals surface area (Å²) in [6, 6.07) is 5.98.